The molecule has 0 heterocycles. The predicted octanol–water partition coefficient (Wildman–Crippen LogP) is 5.49. The average Bonchev–Trinajstić information content (AvgIpc) is 2.43. The van der Waals surface area contributed by atoms with Crippen molar-refractivity contribution in [1.29, 1.82) is 0 Å². The van der Waals surface area contributed by atoms with Gasteiger partial charge in [-0.2, -0.15) is 0 Å². The SMILES string of the molecule is CC(C)[C@H]1C=CC2C[C@H](C)CC(O[Si](C)(C)C(C)(C)C)C2[C@H]1CO. The van der Waals surface area contributed by atoms with E-state index in [9.17, 15) is 5.11 Å². The second kappa shape index (κ2) is 7.24. The number of hydrogen-bond acceptors (Lipinski definition) is 2. The lowest BCUT2D eigenvalue weighted by molar-refractivity contribution is -0.0373. The molecule has 0 bridgehead atoms. The van der Waals surface area contributed by atoms with Crippen molar-refractivity contribution >= 4 is 8.32 Å². The van der Waals surface area contributed by atoms with Gasteiger partial charge in [-0.05, 0) is 66.5 Å². The summed E-state index contributed by atoms with van der Waals surface area (Å²) in [6.45, 7) is 18.9. The minimum atomic E-state index is -1.80. The molecule has 1 saturated carbocycles. The van der Waals surface area contributed by atoms with Crippen molar-refractivity contribution in [2.75, 3.05) is 6.61 Å². The van der Waals surface area contributed by atoms with Gasteiger partial charge in [-0.25, -0.2) is 0 Å². The monoisotopic (exact) mass is 352 g/mol. The van der Waals surface area contributed by atoms with E-state index in [2.05, 4.69) is 66.8 Å². The molecule has 2 nitrogen and oxygen atoms in total. The van der Waals surface area contributed by atoms with Crippen LogP contribution >= 0.6 is 0 Å². The number of fused-ring (bicyclic) bond motifs is 1. The Balaban J connectivity index is 2.31. The van der Waals surface area contributed by atoms with Crippen LogP contribution < -0.4 is 0 Å². The molecule has 3 heteroatoms. The summed E-state index contributed by atoms with van der Waals surface area (Å²) in [5.74, 6) is 3.18. The summed E-state index contributed by atoms with van der Waals surface area (Å²) in [6.07, 6.45) is 7.57. The van der Waals surface area contributed by atoms with Gasteiger partial charge < -0.3 is 9.53 Å². The maximum absolute atomic E-state index is 10.2. The van der Waals surface area contributed by atoms with E-state index in [1.807, 2.05) is 0 Å². The Labute approximate surface area is 151 Å². The van der Waals surface area contributed by atoms with E-state index in [1.165, 1.54) is 6.42 Å². The van der Waals surface area contributed by atoms with Gasteiger partial charge in [0.25, 0.3) is 0 Å². The van der Waals surface area contributed by atoms with Gasteiger partial charge in [0.05, 0.1) is 0 Å². The molecule has 3 unspecified atom stereocenters. The zero-order valence-electron chi connectivity index (χ0n) is 17.2. The first-order valence-electron chi connectivity index (χ1n) is 9.95. The van der Waals surface area contributed by atoms with Crippen LogP contribution in [0.5, 0.6) is 0 Å². The zero-order chi connectivity index (χ0) is 18.3. The highest BCUT2D eigenvalue weighted by molar-refractivity contribution is 6.74. The Morgan fingerprint density at radius 2 is 1.79 bits per heavy atom. The molecule has 1 fully saturated rings. The summed E-state index contributed by atoms with van der Waals surface area (Å²) in [5.41, 5.74) is 0. The van der Waals surface area contributed by atoms with E-state index in [0.29, 0.717) is 48.2 Å². The average molecular weight is 353 g/mol. The van der Waals surface area contributed by atoms with Crippen molar-refractivity contribution in [2.45, 2.75) is 78.6 Å². The second-order valence-corrected chi connectivity index (χ2v) is 15.0. The Bertz CT molecular complexity index is 449. The van der Waals surface area contributed by atoms with Gasteiger partial charge in [-0.3, -0.25) is 0 Å². The van der Waals surface area contributed by atoms with E-state index in [1.54, 1.807) is 0 Å². The van der Waals surface area contributed by atoms with Crippen molar-refractivity contribution < 1.29 is 9.53 Å². The van der Waals surface area contributed by atoms with Crippen molar-refractivity contribution in [3.8, 4) is 0 Å². The molecule has 0 amide bonds. The van der Waals surface area contributed by atoms with Crippen molar-refractivity contribution in [1.82, 2.24) is 0 Å². The van der Waals surface area contributed by atoms with Gasteiger partial charge in [0.1, 0.15) is 0 Å². The molecular formula is C21H40O2Si. The fourth-order valence-corrected chi connectivity index (χ4v) is 6.02. The highest BCUT2D eigenvalue weighted by Crippen LogP contribution is 2.49. The molecule has 2 aliphatic rings. The molecular weight excluding hydrogens is 312 g/mol. The van der Waals surface area contributed by atoms with Gasteiger partial charge in [0, 0.05) is 12.7 Å². The van der Waals surface area contributed by atoms with Gasteiger partial charge in [-0.1, -0.05) is 53.7 Å². The summed E-state index contributed by atoms with van der Waals surface area (Å²) in [4.78, 5) is 0. The van der Waals surface area contributed by atoms with Crippen LogP contribution in [0.25, 0.3) is 0 Å². The third-order valence-corrected chi connectivity index (χ3v) is 11.5. The zero-order valence-corrected chi connectivity index (χ0v) is 18.2. The summed E-state index contributed by atoms with van der Waals surface area (Å²) in [6, 6.07) is 0. The first-order chi connectivity index (χ1) is 11.0. The third-order valence-electron chi connectivity index (χ3n) is 7.04. The number of rotatable bonds is 4. The molecule has 0 saturated heterocycles. The molecule has 140 valence electrons. The van der Waals surface area contributed by atoms with Crippen LogP contribution in [0.3, 0.4) is 0 Å². The first-order valence-corrected chi connectivity index (χ1v) is 12.9. The molecule has 0 spiro atoms. The van der Waals surface area contributed by atoms with Crippen LogP contribution in [-0.2, 0) is 4.43 Å². The molecule has 1 N–H and O–H groups in total. The third kappa shape index (κ3) is 3.99. The van der Waals surface area contributed by atoms with Gasteiger partial charge >= 0.3 is 0 Å². The summed E-state index contributed by atoms with van der Waals surface area (Å²) in [5, 5.41) is 10.4. The molecule has 0 aliphatic heterocycles. The maximum Gasteiger partial charge on any atom is 0.192 e. The molecule has 2 rings (SSSR count). The topological polar surface area (TPSA) is 29.5 Å². The lowest BCUT2D eigenvalue weighted by atomic mass is 9.60. The number of aliphatic hydroxyl groups is 1. The number of hydrogen-bond donors (Lipinski definition) is 1. The minimum absolute atomic E-state index is 0.236. The molecule has 6 atom stereocenters. The Morgan fingerprint density at radius 3 is 2.29 bits per heavy atom. The highest BCUT2D eigenvalue weighted by Gasteiger charge is 2.48. The van der Waals surface area contributed by atoms with Crippen LogP contribution in [0.2, 0.25) is 18.1 Å². The lowest BCUT2D eigenvalue weighted by Crippen LogP contribution is -2.53. The quantitative estimate of drug-likeness (QED) is 0.535. The molecule has 0 aromatic carbocycles. The van der Waals surface area contributed by atoms with Gasteiger partial charge in [-0.15, -0.1) is 0 Å². The van der Waals surface area contributed by atoms with Crippen LogP contribution in [0, 0.1) is 35.5 Å². The molecule has 2 aliphatic carbocycles. The van der Waals surface area contributed by atoms with E-state index in [4.69, 9.17) is 4.43 Å². The lowest BCUT2D eigenvalue weighted by Gasteiger charge is -2.51. The van der Waals surface area contributed by atoms with E-state index < -0.39 is 8.32 Å². The second-order valence-electron chi connectivity index (χ2n) is 10.3. The highest BCUT2D eigenvalue weighted by atomic mass is 28.4. The number of aliphatic hydroxyl groups excluding tert-OH is 1. The number of allylic oxidation sites excluding steroid dienone is 2. The van der Waals surface area contributed by atoms with Gasteiger partial charge in [0.2, 0.25) is 0 Å². The summed E-state index contributed by atoms with van der Waals surface area (Å²) in [7, 11) is -1.80. The molecule has 24 heavy (non-hydrogen) atoms. The Kier molecular flexibility index (Phi) is 6.09. The molecule has 0 aromatic heterocycles. The van der Waals surface area contributed by atoms with Crippen molar-refractivity contribution in [3.63, 3.8) is 0 Å². The van der Waals surface area contributed by atoms with E-state index >= 15 is 0 Å². The Morgan fingerprint density at radius 1 is 1.17 bits per heavy atom. The largest absolute Gasteiger partial charge is 0.414 e. The smallest absolute Gasteiger partial charge is 0.192 e. The van der Waals surface area contributed by atoms with Crippen molar-refractivity contribution in [3.05, 3.63) is 12.2 Å². The molecule has 0 radical (unpaired) electrons. The first kappa shape index (κ1) is 20.2. The van der Waals surface area contributed by atoms with Crippen LogP contribution in [0.15, 0.2) is 12.2 Å². The predicted molar refractivity (Wildman–Crippen MR) is 105 cm³/mol. The van der Waals surface area contributed by atoms with Crippen LogP contribution in [0.4, 0.5) is 0 Å². The molecule has 0 aromatic rings. The minimum Gasteiger partial charge on any atom is -0.414 e. The normalized spacial score (nSPS) is 37.6. The summed E-state index contributed by atoms with van der Waals surface area (Å²) >= 11 is 0. The Hall–Kier alpha value is -0.123. The fourth-order valence-electron chi connectivity index (χ4n) is 4.66. The maximum atomic E-state index is 10.2. The standard InChI is InChI=1S/C21H40O2Si/c1-14(2)17-10-9-16-11-15(3)12-19(20(16)18(17)13-22)23-24(7,8)21(4,5)6/h9-10,14-20,22H,11-13H2,1-8H3/t15-,16?,17+,18-,19?,20?/m0/s1. The van der Waals surface area contributed by atoms with Crippen LogP contribution in [-0.4, -0.2) is 26.1 Å². The van der Waals surface area contributed by atoms with Crippen LogP contribution in [0.1, 0.15) is 54.4 Å². The van der Waals surface area contributed by atoms with Crippen molar-refractivity contribution in [2.24, 2.45) is 35.5 Å². The van der Waals surface area contributed by atoms with Gasteiger partial charge in [0.15, 0.2) is 8.32 Å². The summed E-state index contributed by atoms with van der Waals surface area (Å²) < 4.78 is 6.94. The fraction of sp³-hybridized carbons (Fsp3) is 0.905. The van der Waals surface area contributed by atoms with E-state index in [0.717, 1.165) is 6.42 Å². The van der Waals surface area contributed by atoms with E-state index in [-0.39, 0.29) is 5.04 Å².